The zero-order chi connectivity index (χ0) is 31.7. The van der Waals surface area contributed by atoms with E-state index in [1.54, 1.807) is 54.1 Å². The van der Waals surface area contributed by atoms with E-state index in [1.807, 2.05) is 54.3 Å². The van der Waals surface area contributed by atoms with Crippen LogP contribution < -0.4 is 30.1 Å². The molecule has 3 aromatic carbocycles. The monoisotopic (exact) mass is 622 g/mol. The van der Waals surface area contributed by atoms with Crippen LogP contribution in [0, 0.1) is 6.92 Å². The fraction of sp³-hybridized carbons (Fsp3) is 0.176. The van der Waals surface area contributed by atoms with Crippen molar-refractivity contribution < 1.29 is 14.3 Å². The number of hydrogen-bond acceptors (Lipinski definition) is 8. The molecule has 3 heterocycles. The third-order valence-electron chi connectivity index (χ3n) is 7.78. The van der Waals surface area contributed by atoms with Crippen LogP contribution in [0.15, 0.2) is 90.4 Å². The molecule has 6 rings (SSSR count). The Bertz CT molecular complexity index is 2010. The molecule has 2 aromatic heterocycles. The van der Waals surface area contributed by atoms with Gasteiger partial charge in [-0.25, -0.2) is 4.98 Å². The number of carbonyl (C=O) groups excluding carboxylic acids is 1. The number of fused-ring (bicyclic) bond motifs is 2. The zero-order valence-electron chi connectivity index (χ0n) is 25.1. The number of pyridine rings is 1. The van der Waals surface area contributed by atoms with Gasteiger partial charge in [0.1, 0.15) is 17.2 Å². The number of carbonyl (C=O) groups is 1. The van der Waals surface area contributed by atoms with Crippen LogP contribution in [0.5, 0.6) is 11.5 Å². The number of nitrogens with zero attached hydrogens (tertiary/aromatic N) is 5. The van der Waals surface area contributed by atoms with Crippen molar-refractivity contribution >= 4 is 51.6 Å². The van der Waals surface area contributed by atoms with E-state index in [0.29, 0.717) is 64.5 Å². The van der Waals surface area contributed by atoms with Crippen molar-refractivity contribution in [2.75, 3.05) is 42.4 Å². The van der Waals surface area contributed by atoms with Gasteiger partial charge in [0.25, 0.3) is 11.5 Å². The SMILES string of the molecule is C=CC(=O)N1CCN(c2cc3cnc(NCc4ccc(OC)cc4OC)nc3n(-c3cccc(Cl)c3)c2=O)c2cccc(C)c21. The Morgan fingerprint density at radius 3 is 2.62 bits per heavy atom. The Morgan fingerprint density at radius 1 is 1.04 bits per heavy atom. The molecule has 0 aliphatic carbocycles. The number of anilines is 4. The summed E-state index contributed by atoms with van der Waals surface area (Å²) >= 11 is 6.39. The standard InChI is InChI=1S/C34H31ClN6O4/c1-5-30(42)40-15-14-39(27-11-6-8-21(2)31(27)40)28-16-23-20-37-34(36-19-22-12-13-26(44-3)18-29(22)45-4)38-32(23)41(33(28)43)25-10-7-9-24(35)17-25/h5-13,16-18,20H,1,14-15,19H2,2-4H3,(H,36,37,38). The Kier molecular flexibility index (Phi) is 8.14. The summed E-state index contributed by atoms with van der Waals surface area (Å²) in [5, 5.41) is 4.38. The number of methoxy groups -OCH3 is 2. The van der Waals surface area contributed by atoms with Crippen molar-refractivity contribution in [2.45, 2.75) is 13.5 Å². The predicted molar refractivity (Wildman–Crippen MR) is 178 cm³/mol. The van der Waals surface area contributed by atoms with Gasteiger partial charge in [-0.05, 0) is 61.0 Å². The van der Waals surface area contributed by atoms with E-state index < -0.39 is 0 Å². The van der Waals surface area contributed by atoms with Gasteiger partial charge in [0.2, 0.25) is 5.95 Å². The van der Waals surface area contributed by atoms with Gasteiger partial charge in [-0.15, -0.1) is 0 Å². The number of para-hydroxylation sites is 1. The Balaban J connectivity index is 1.47. The molecule has 0 saturated carbocycles. The lowest BCUT2D eigenvalue weighted by Gasteiger charge is -2.38. The Labute approximate surface area is 265 Å². The molecular weight excluding hydrogens is 592 g/mol. The quantitative estimate of drug-likeness (QED) is 0.209. The molecule has 1 aliphatic heterocycles. The molecule has 0 spiro atoms. The number of aromatic nitrogens is 3. The molecule has 10 nitrogen and oxygen atoms in total. The molecule has 0 unspecified atom stereocenters. The van der Waals surface area contributed by atoms with Crippen molar-refractivity contribution in [3.8, 4) is 17.2 Å². The van der Waals surface area contributed by atoms with E-state index in [-0.39, 0.29) is 11.5 Å². The van der Waals surface area contributed by atoms with Crippen LogP contribution in [0.25, 0.3) is 16.7 Å². The summed E-state index contributed by atoms with van der Waals surface area (Å²) in [4.78, 5) is 40.2. The van der Waals surface area contributed by atoms with Crippen LogP contribution in [-0.4, -0.2) is 47.8 Å². The molecule has 0 fully saturated rings. The molecule has 45 heavy (non-hydrogen) atoms. The van der Waals surface area contributed by atoms with Gasteiger partial charge in [0, 0.05) is 47.9 Å². The first-order chi connectivity index (χ1) is 21.8. The normalized spacial score (nSPS) is 12.5. The average Bonchev–Trinajstić information content (AvgIpc) is 3.06. The van der Waals surface area contributed by atoms with Crippen LogP contribution >= 0.6 is 11.6 Å². The van der Waals surface area contributed by atoms with Crippen LogP contribution in [0.3, 0.4) is 0 Å². The molecule has 0 saturated heterocycles. The number of hydrogen-bond donors (Lipinski definition) is 1. The summed E-state index contributed by atoms with van der Waals surface area (Å²) in [6, 6.07) is 20.2. The van der Waals surface area contributed by atoms with Gasteiger partial charge < -0.3 is 24.6 Å². The van der Waals surface area contributed by atoms with Crippen LogP contribution in [0.1, 0.15) is 11.1 Å². The number of benzene rings is 3. The summed E-state index contributed by atoms with van der Waals surface area (Å²) in [5.41, 5.74) is 4.39. The van der Waals surface area contributed by atoms with E-state index >= 15 is 0 Å². The summed E-state index contributed by atoms with van der Waals surface area (Å²) in [7, 11) is 3.20. The Hall–Kier alpha value is -5.35. The third-order valence-corrected chi connectivity index (χ3v) is 8.01. The van der Waals surface area contributed by atoms with Gasteiger partial charge >= 0.3 is 0 Å². The highest BCUT2D eigenvalue weighted by Gasteiger charge is 2.30. The van der Waals surface area contributed by atoms with Crippen molar-refractivity contribution in [1.82, 2.24) is 14.5 Å². The molecule has 11 heteroatoms. The maximum Gasteiger partial charge on any atom is 0.280 e. The lowest BCUT2D eigenvalue weighted by atomic mass is 10.1. The van der Waals surface area contributed by atoms with Gasteiger partial charge in [-0.1, -0.05) is 36.4 Å². The predicted octanol–water partition coefficient (Wildman–Crippen LogP) is 6.04. The number of amides is 1. The summed E-state index contributed by atoms with van der Waals surface area (Å²) < 4.78 is 12.4. The first-order valence-electron chi connectivity index (χ1n) is 14.3. The summed E-state index contributed by atoms with van der Waals surface area (Å²) in [5.74, 6) is 1.49. The maximum absolute atomic E-state index is 14.5. The number of rotatable bonds is 8. The van der Waals surface area contributed by atoms with E-state index in [0.717, 1.165) is 22.5 Å². The highest BCUT2D eigenvalue weighted by Crippen LogP contribution is 2.40. The third kappa shape index (κ3) is 5.56. The topological polar surface area (TPSA) is 102 Å². The largest absolute Gasteiger partial charge is 0.497 e. The van der Waals surface area contributed by atoms with Gasteiger partial charge in [0.15, 0.2) is 5.65 Å². The van der Waals surface area contributed by atoms with Crippen molar-refractivity contribution in [1.29, 1.82) is 0 Å². The van der Waals surface area contributed by atoms with Gasteiger partial charge in [-0.2, -0.15) is 4.98 Å². The van der Waals surface area contributed by atoms with E-state index in [9.17, 15) is 9.59 Å². The molecule has 1 aliphatic rings. The number of ether oxygens (including phenoxy) is 2. The molecule has 5 aromatic rings. The fourth-order valence-electron chi connectivity index (χ4n) is 5.61. The van der Waals surface area contributed by atoms with Crippen molar-refractivity contribution in [3.63, 3.8) is 0 Å². The minimum atomic E-state index is -0.290. The first kappa shape index (κ1) is 29.7. The lowest BCUT2D eigenvalue weighted by molar-refractivity contribution is -0.114. The minimum absolute atomic E-state index is 0.194. The summed E-state index contributed by atoms with van der Waals surface area (Å²) in [6.45, 7) is 6.77. The van der Waals surface area contributed by atoms with Gasteiger partial charge in [-0.3, -0.25) is 14.2 Å². The molecule has 0 radical (unpaired) electrons. The van der Waals surface area contributed by atoms with E-state index in [1.165, 1.54) is 6.08 Å². The number of nitrogens with one attached hydrogen (secondary N) is 1. The second-order valence-corrected chi connectivity index (χ2v) is 10.9. The molecule has 0 bridgehead atoms. The number of halogens is 1. The van der Waals surface area contributed by atoms with E-state index in [2.05, 4.69) is 16.9 Å². The first-order valence-corrected chi connectivity index (χ1v) is 14.7. The fourth-order valence-corrected chi connectivity index (χ4v) is 5.80. The van der Waals surface area contributed by atoms with Crippen LogP contribution in [0.4, 0.5) is 23.0 Å². The smallest absolute Gasteiger partial charge is 0.280 e. The van der Waals surface area contributed by atoms with Gasteiger partial charge in [0.05, 0.1) is 31.3 Å². The molecule has 0 atom stereocenters. The van der Waals surface area contributed by atoms with Crippen molar-refractivity contribution in [2.24, 2.45) is 0 Å². The molecule has 1 amide bonds. The molecular formula is C34H31ClN6O4. The second-order valence-electron chi connectivity index (χ2n) is 10.4. The lowest BCUT2D eigenvalue weighted by Crippen LogP contribution is -2.43. The number of aryl methyl sites for hydroxylation is 1. The highest BCUT2D eigenvalue weighted by molar-refractivity contribution is 6.30. The zero-order valence-corrected chi connectivity index (χ0v) is 25.8. The van der Waals surface area contributed by atoms with Crippen LogP contribution in [-0.2, 0) is 11.3 Å². The summed E-state index contributed by atoms with van der Waals surface area (Å²) in [6.07, 6.45) is 3.00. The highest BCUT2D eigenvalue weighted by atomic mass is 35.5. The Morgan fingerprint density at radius 2 is 1.87 bits per heavy atom. The maximum atomic E-state index is 14.5. The average molecular weight is 623 g/mol. The molecule has 228 valence electrons. The van der Waals surface area contributed by atoms with Crippen molar-refractivity contribution in [3.05, 3.63) is 112 Å². The molecule has 1 N–H and O–H groups in total. The minimum Gasteiger partial charge on any atom is -0.497 e. The van der Waals surface area contributed by atoms with Crippen LogP contribution in [0.2, 0.25) is 5.02 Å². The van der Waals surface area contributed by atoms with E-state index in [4.69, 9.17) is 26.1 Å². The second kappa shape index (κ2) is 12.3.